The van der Waals surface area contributed by atoms with E-state index in [2.05, 4.69) is 25.7 Å². The number of hydrogen-bond acceptors (Lipinski definition) is 6. The third-order valence-corrected chi connectivity index (χ3v) is 4.22. The fourth-order valence-corrected chi connectivity index (χ4v) is 3.14. The minimum atomic E-state index is 0.171. The second kappa shape index (κ2) is 6.81. The molecule has 0 aromatic carbocycles. The van der Waals surface area contributed by atoms with Crippen molar-refractivity contribution in [2.45, 2.75) is 26.3 Å². The van der Waals surface area contributed by atoms with Gasteiger partial charge in [-0.1, -0.05) is 11.3 Å². The first-order valence-corrected chi connectivity index (χ1v) is 7.54. The van der Waals surface area contributed by atoms with Crippen LogP contribution in [0, 0.1) is 5.92 Å². The van der Waals surface area contributed by atoms with Crippen LogP contribution in [0.2, 0.25) is 0 Å². The molecule has 106 valence electrons. The molecular weight excluding hydrogens is 262 g/mol. The molecule has 1 aliphatic heterocycles. The van der Waals surface area contributed by atoms with Crippen LogP contribution in [0.1, 0.15) is 24.8 Å². The van der Waals surface area contributed by atoms with Gasteiger partial charge in [0.05, 0.1) is 6.54 Å². The van der Waals surface area contributed by atoms with Crippen molar-refractivity contribution >= 4 is 22.4 Å². The third kappa shape index (κ3) is 3.87. The highest BCUT2D eigenvalue weighted by Gasteiger charge is 2.24. The Morgan fingerprint density at radius 1 is 1.42 bits per heavy atom. The van der Waals surface area contributed by atoms with Crippen molar-refractivity contribution in [1.29, 1.82) is 0 Å². The first kappa shape index (κ1) is 14.2. The number of carbonyl (C=O) groups is 1. The summed E-state index contributed by atoms with van der Waals surface area (Å²) in [7, 11) is 1.71. The maximum absolute atomic E-state index is 11.5. The number of likely N-dealkylation sites (tertiary alicyclic amines) is 1. The predicted molar refractivity (Wildman–Crippen MR) is 76.1 cm³/mol. The number of aromatic nitrogens is 2. The Balaban J connectivity index is 1.80. The van der Waals surface area contributed by atoms with Crippen LogP contribution < -0.4 is 10.6 Å². The quantitative estimate of drug-likeness (QED) is 0.841. The molecule has 7 heteroatoms. The molecule has 2 N–H and O–H groups in total. The van der Waals surface area contributed by atoms with Crippen LogP contribution in [0.3, 0.4) is 0 Å². The molecule has 2 heterocycles. The molecule has 0 bridgehead atoms. The molecule has 0 aliphatic carbocycles. The number of nitrogens with one attached hydrogen (secondary N) is 2. The van der Waals surface area contributed by atoms with Crippen molar-refractivity contribution in [3.8, 4) is 0 Å². The monoisotopic (exact) mass is 283 g/mol. The van der Waals surface area contributed by atoms with Crippen molar-refractivity contribution < 1.29 is 4.79 Å². The number of anilines is 1. The van der Waals surface area contributed by atoms with Crippen LogP contribution in [-0.4, -0.2) is 47.7 Å². The Morgan fingerprint density at radius 2 is 2.16 bits per heavy atom. The Kier molecular flexibility index (Phi) is 5.09. The largest absolute Gasteiger partial charge is 0.360 e. The molecule has 0 saturated carbocycles. The van der Waals surface area contributed by atoms with Gasteiger partial charge in [-0.3, -0.25) is 9.69 Å². The van der Waals surface area contributed by atoms with E-state index in [-0.39, 0.29) is 11.8 Å². The van der Waals surface area contributed by atoms with E-state index in [1.165, 1.54) is 0 Å². The van der Waals surface area contributed by atoms with Crippen LogP contribution in [0.5, 0.6) is 0 Å². The molecule has 0 atom stereocenters. The van der Waals surface area contributed by atoms with Crippen molar-refractivity contribution in [3.63, 3.8) is 0 Å². The lowest BCUT2D eigenvalue weighted by atomic mass is 9.96. The first-order valence-electron chi connectivity index (χ1n) is 6.73. The van der Waals surface area contributed by atoms with E-state index >= 15 is 0 Å². The Bertz CT molecular complexity index is 414. The van der Waals surface area contributed by atoms with Crippen molar-refractivity contribution in [1.82, 2.24) is 20.4 Å². The topological polar surface area (TPSA) is 70.2 Å². The van der Waals surface area contributed by atoms with Gasteiger partial charge in [-0.2, -0.15) is 0 Å². The minimum Gasteiger partial charge on any atom is -0.360 e. The zero-order valence-corrected chi connectivity index (χ0v) is 12.3. The summed E-state index contributed by atoms with van der Waals surface area (Å²) in [6, 6.07) is 0. The summed E-state index contributed by atoms with van der Waals surface area (Å²) in [4.78, 5) is 13.9. The highest BCUT2D eigenvalue weighted by molar-refractivity contribution is 7.15. The standard InChI is InChI=1S/C12H21N5OS/c1-3-14-12-16-15-10(19-12)8-17-6-4-9(5-7-17)11(18)13-2/h9H,3-8H2,1-2H3,(H,13,18)(H,14,16). The second-order valence-electron chi connectivity index (χ2n) is 4.70. The van der Waals surface area contributed by atoms with Gasteiger partial charge in [-0.05, 0) is 32.9 Å². The molecule has 6 nitrogen and oxygen atoms in total. The van der Waals surface area contributed by atoms with E-state index in [0.29, 0.717) is 0 Å². The molecule has 1 saturated heterocycles. The molecule has 0 radical (unpaired) electrons. The number of rotatable bonds is 5. The van der Waals surface area contributed by atoms with E-state index in [0.717, 1.165) is 49.2 Å². The minimum absolute atomic E-state index is 0.171. The molecule has 1 fully saturated rings. The number of piperidine rings is 1. The van der Waals surface area contributed by atoms with Gasteiger partial charge in [0.2, 0.25) is 11.0 Å². The molecule has 1 amide bonds. The fraction of sp³-hybridized carbons (Fsp3) is 0.750. The molecule has 1 aromatic rings. The van der Waals surface area contributed by atoms with Crippen molar-refractivity contribution in [2.75, 3.05) is 32.0 Å². The summed E-state index contributed by atoms with van der Waals surface area (Å²) in [6.07, 6.45) is 1.86. The smallest absolute Gasteiger partial charge is 0.222 e. The number of amides is 1. The van der Waals surface area contributed by atoms with Gasteiger partial charge in [0.15, 0.2) is 0 Å². The number of nitrogens with zero attached hydrogens (tertiary/aromatic N) is 3. The normalized spacial score (nSPS) is 17.4. The second-order valence-corrected chi connectivity index (χ2v) is 5.76. The van der Waals surface area contributed by atoms with Crippen molar-refractivity contribution in [3.05, 3.63) is 5.01 Å². The highest BCUT2D eigenvalue weighted by Crippen LogP contribution is 2.21. The zero-order chi connectivity index (χ0) is 13.7. The lowest BCUT2D eigenvalue weighted by Gasteiger charge is -2.30. The predicted octanol–water partition coefficient (Wildman–Crippen LogP) is 0.928. The molecule has 0 unspecified atom stereocenters. The Labute approximate surface area is 117 Å². The fourth-order valence-electron chi connectivity index (χ4n) is 2.29. The summed E-state index contributed by atoms with van der Waals surface area (Å²) in [5.41, 5.74) is 0. The lowest BCUT2D eigenvalue weighted by molar-refractivity contribution is -0.125. The van der Waals surface area contributed by atoms with Crippen LogP contribution in [0.25, 0.3) is 0 Å². The van der Waals surface area contributed by atoms with Gasteiger partial charge in [-0.15, -0.1) is 10.2 Å². The van der Waals surface area contributed by atoms with Crippen LogP contribution in [0.4, 0.5) is 5.13 Å². The summed E-state index contributed by atoms with van der Waals surface area (Å²) in [5.74, 6) is 0.345. The lowest BCUT2D eigenvalue weighted by Crippen LogP contribution is -2.39. The van der Waals surface area contributed by atoms with E-state index in [9.17, 15) is 4.79 Å². The molecule has 19 heavy (non-hydrogen) atoms. The van der Waals surface area contributed by atoms with Gasteiger partial charge < -0.3 is 10.6 Å². The van der Waals surface area contributed by atoms with Gasteiger partial charge in [0.1, 0.15) is 5.01 Å². The Morgan fingerprint density at radius 3 is 2.79 bits per heavy atom. The summed E-state index contributed by atoms with van der Waals surface area (Å²) < 4.78 is 0. The molecule has 1 aliphatic rings. The van der Waals surface area contributed by atoms with Gasteiger partial charge in [-0.25, -0.2) is 0 Å². The van der Waals surface area contributed by atoms with Crippen LogP contribution in [0.15, 0.2) is 0 Å². The van der Waals surface area contributed by atoms with Gasteiger partial charge >= 0.3 is 0 Å². The molecule has 1 aromatic heterocycles. The average Bonchev–Trinajstić information content (AvgIpc) is 2.86. The third-order valence-electron chi connectivity index (χ3n) is 3.36. The number of carbonyl (C=O) groups excluding carboxylic acids is 1. The summed E-state index contributed by atoms with van der Waals surface area (Å²) >= 11 is 1.61. The Hall–Kier alpha value is -1.21. The number of hydrogen-bond donors (Lipinski definition) is 2. The first-order chi connectivity index (χ1) is 9.22. The van der Waals surface area contributed by atoms with Crippen LogP contribution >= 0.6 is 11.3 Å². The van der Waals surface area contributed by atoms with E-state index < -0.39 is 0 Å². The molecular formula is C12H21N5OS. The van der Waals surface area contributed by atoms with Crippen LogP contribution in [-0.2, 0) is 11.3 Å². The maximum Gasteiger partial charge on any atom is 0.222 e. The highest BCUT2D eigenvalue weighted by atomic mass is 32.1. The van der Waals surface area contributed by atoms with E-state index in [4.69, 9.17) is 0 Å². The van der Waals surface area contributed by atoms with Gasteiger partial charge in [0.25, 0.3) is 0 Å². The molecule has 2 rings (SSSR count). The molecule has 0 spiro atoms. The van der Waals surface area contributed by atoms with E-state index in [1.807, 2.05) is 6.92 Å². The van der Waals surface area contributed by atoms with E-state index in [1.54, 1.807) is 18.4 Å². The summed E-state index contributed by atoms with van der Waals surface area (Å²) in [6.45, 7) is 5.66. The van der Waals surface area contributed by atoms with Gasteiger partial charge in [0, 0.05) is 19.5 Å². The maximum atomic E-state index is 11.5. The summed E-state index contributed by atoms with van der Waals surface area (Å²) in [5, 5.41) is 16.1. The van der Waals surface area contributed by atoms with Crippen molar-refractivity contribution in [2.24, 2.45) is 5.92 Å². The SMILES string of the molecule is CCNc1nnc(CN2CCC(C(=O)NC)CC2)s1. The average molecular weight is 283 g/mol. The zero-order valence-electron chi connectivity index (χ0n) is 11.5.